The molecule has 0 amide bonds. The predicted octanol–water partition coefficient (Wildman–Crippen LogP) is 1.71. The summed E-state index contributed by atoms with van der Waals surface area (Å²) >= 11 is 0. The Balaban J connectivity index is 1.94. The fourth-order valence-electron chi connectivity index (χ4n) is 1.75. The summed E-state index contributed by atoms with van der Waals surface area (Å²) in [6.07, 6.45) is 0. The van der Waals surface area contributed by atoms with Crippen molar-refractivity contribution < 1.29 is 14.3 Å². The molecule has 0 radical (unpaired) electrons. The molecule has 0 atom stereocenters. The maximum Gasteiger partial charge on any atom is 0.335 e. The predicted molar refractivity (Wildman–Crippen MR) is 67.6 cm³/mol. The summed E-state index contributed by atoms with van der Waals surface area (Å²) in [5.74, 6) is 0.206. The molecule has 0 saturated heterocycles. The van der Waals surface area contributed by atoms with Gasteiger partial charge >= 0.3 is 5.97 Å². The molecule has 1 heterocycles. The zero-order chi connectivity index (χ0) is 13.8. The van der Waals surface area contributed by atoms with Crippen molar-refractivity contribution in [1.82, 2.24) is 15.1 Å². The Kier molecular flexibility index (Phi) is 3.91. The first-order valence-electron chi connectivity index (χ1n) is 5.84. The molecule has 0 fully saturated rings. The number of aromatic carboxylic acids is 1. The van der Waals surface area contributed by atoms with Crippen molar-refractivity contribution in [3.63, 3.8) is 0 Å². The zero-order valence-electron chi connectivity index (χ0n) is 10.8. The van der Waals surface area contributed by atoms with Gasteiger partial charge < -0.3 is 9.52 Å². The van der Waals surface area contributed by atoms with Crippen LogP contribution in [0.2, 0.25) is 0 Å². The Morgan fingerprint density at radius 2 is 1.95 bits per heavy atom. The van der Waals surface area contributed by atoms with E-state index in [0.717, 1.165) is 5.56 Å². The second kappa shape index (κ2) is 5.62. The van der Waals surface area contributed by atoms with Gasteiger partial charge in [0.2, 0.25) is 11.8 Å². The Morgan fingerprint density at radius 1 is 1.26 bits per heavy atom. The van der Waals surface area contributed by atoms with Gasteiger partial charge in [0.25, 0.3) is 0 Å². The van der Waals surface area contributed by atoms with Crippen LogP contribution in [0.3, 0.4) is 0 Å². The smallest absolute Gasteiger partial charge is 0.335 e. The quantitative estimate of drug-likeness (QED) is 0.882. The van der Waals surface area contributed by atoms with Crippen LogP contribution in [-0.4, -0.2) is 33.2 Å². The van der Waals surface area contributed by atoms with E-state index in [4.69, 9.17) is 9.52 Å². The maximum atomic E-state index is 10.7. The van der Waals surface area contributed by atoms with E-state index in [1.54, 1.807) is 31.2 Å². The largest absolute Gasteiger partial charge is 0.478 e. The highest BCUT2D eigenvalue weighted by molar-refractivity contribution is 5.87. The maximum absolute atomic E-state index is 10.7. The number of aromatic nitrogens is 2. The second-order valence-electron chi connectivity index (χ2n) is 4.39. The topological polar surface area (TPSA) is 79.5 Å². The number of hydrogen-bond donors (Lipinski definition) is 1. The SMILES string of the molecule is Cc1nnc(CN(C)Cc2ccc(C(=O)O)cc2)o1. The lowest BCUT2D eigenvalue weighted by Crippen LogP contribution is -2.17. The standard InChI is InChI=1S/C13H15N3O3/c1-9-14-15-12(19-9)8-16(2)7-10-3-5-11(6-4-10)13(17)18/h3-6H,7-8H2,1-2H3,(H,17,18). The average molecular weight is 261 g/mol. The highest BCUT2D eigenvalue weighted by atomic mass is 16.4. The van der Waals surface area contributed by atoms with Crippen LogP contribution in [0.5, 0.6) is 0 Å². The van der Waals surface area contributed by atoms with Crippen molar-refractivity contribution >= 4 is 5.97 Å². The average Bonchev–Trinajstić information content (AvgIpc) is 2.75. The molecule has 100 valence electrons. The van der Waals surface area contributed by atoms with Crippen LogP contribution in [0.1, 0.15) is 27.7 Å². The van der Waals surface area contributed by atoms with Crippen LogP contribution in [0.15, 0.2) is 28.7 Å². The van der Waals surface area contributed by atoms with Crippen LogP contribution < -0.4 is 0 Å². The highest BCUT2D eigenvalue weighted by Gasteiger charge is 2.08. The van der Waals surface area contributed by atoms with Crippen LogP contribution in [-0.2, 0) is 13.1 Å². The van der Waals surface area contributed by atoms with E-state index in [-0.39, 0.29) is 0 Å². The number of nitrogens with zero attached hydrogens (tertiary/aromatic N) is 3. The van der Waals surface area contributed by atoms with E-state index in [1.165, 1.54) is 0 Å². The molecule has 2 rings (SSSR count). The van der Waals surface area contributed by atoms with Gasteiger partial charge in [-0.1, -0.05) is 12.1 Å². The molecule has 6 heteroatoms. The van der Waals surface area contributed by atoms with E-state index in [2.05, 4.69) is 10.2 Å². The normalized spacial score (nSPS) is 10.9. The molecule has 2 aromatic rings. The van der Waals surface area contributed by atoms with Crippen LogP contribution in [0.4, 0.5) is 0 Å². The number of hydrogen-bond acceptors (Lipinski definition) is 5. The molecular formula is C13H15N3O3. The molecule has 0 aliphatic heterocycles. The number of rotatable bonds is 5. The molecule has 1 aromatic heterocycles. The highest BCUT2D eigenvalue weighted by Crippen LogP contribution is 2.09. The van der Waals surface area contributed by atoms with Crippen LogP contribution in [0.25, 0.3) is 0 Å². The first-order valence-corrected chi connectivity index (χ1v) is 5.84. The summed E-state index contributed by atoms with van der Waals surface area (Å²) in [6, 6.07) is 6.81. The van der Waals surface area contributed by atoms with Gasteiger partial charge in [0.05, 0.1) is 12.1 Å². The fraction of sp³-hybridized carbons (Fsp3) is 0.308. The van der Waals surface area contributed by atoms with E-state index < -0.39 is 5.97 Å². The van der Waals surface area contributed by atoms with E-state index >= 15 is 0 Å². The number of aryl methyl sites for hydroxylation is 1. The Morgan fingerprint density at radius 3 is 2.47 bits per heavy atom. The Bertz CT molecular complexity index is 563. The van der Waals surface area contributed by atoms with Crippen molar-refractivity contribution in [3.05, 3.63) is 47.2 Å². The Hall–Kier alpha value is -2.21. The zero-order valence-corrected chi connectivity index (χ0v) is 10.8. The minimum atomic E-state index is -0.916. The molecule has 0 aliphatic rings. The summed E-state index contributed by atoms with van der Waals surface area (Å²) in [4.78, 5) is 12.8. The summed E-state index contributed by atoms with van der Waals surface area (Å²) in [7, 11) is 1.94. The molecule has 0 aliphatic carbocycles. The van der Waals surface area contributed by atoms with E-state index in [1.807, 2.05) is 11.9 Å². The lowest BCUT2D eigenvalue weighted by atomic mass is 10.1. The first kappa shape index (κ1) is 13.2. The van der Waals surface area contributed by atoms with Crippen molar-refractivity contribution in [2.24, 2.45) is 0 Å². The third-order valence-corrected chi connectivity index (χ3v) is 2.63. The van der Waals surface area contributed by atoms with E-state index in [0.29, 0.717) is 30.4 Å². The third kappa shape index (κ3) is 3.62. The van der Waals surface area contributed by atoms with Crippen molar-refractivity contribution in [2.75, 3.05) is 7.05 Å². The van der Waals surface area contributed by atoms with Crippen molar-refractivity contribution in [1.29, 1.82) is 0 Å². The molecule has 19 heavy (non-hydrogen) atoms. The molecule has 0 bridgehead atoms. The monoisotopic (exact) mass is 261 g/mol. The minimum absolute atomic E-state index is 0.291. The molecular weight excluding hydrogens is 246 g/mol. The van der Waals surface area contributed by atoms with Crippen LogP contribution >= 0.6 is 0 Å². The summed E-state index contributed by atoms with van der Waals surface area (Å²) in [5, 5.41) is 16.5. The molecule has 0 saturated carbocycles. The van der Waals surface area contributed by atoms with Gasteiger partial charge in [0, 0.05) is 13.5 Å². The van der Waals surface area contributed by atoms with Crippen molar-refractivity contribution in [2.45, 2.75) is 20.0 Å². The van der Waals surface area contributed by atoms with Crippen LogP contribution in [0, 0.1) is 6.92 Å². The number of carboxylic acid groups (broad SMARTS) is 1. The van der Waals surface area contributed by atoms with Crippen molar-refractivity contribution in [3.8, 4) is 0 Å². The lowest BCUT2D eigenvalue weighted by molar-refractivity contribution is 0.0697. The fourth-order valence-corrected chi connectivity index (χ4v) is 1.75. The van der Waals surface area contributed by atoms with Gasteiger partial charge in [-0.25, -0.2) is 4.79 Å². The van der Waals surface area contributed by atoms with Gasteiger partial charge in [-0.3, -0.25) is 4.90 Å². The molecule has 0 unspecified atom stereocenters. The summed E-state index contributed by atoms with van der Waals surface area (Å²) < 4.78 is 5.30. The molecule has 6 nitrogen and oxygen atoms in total. The molecule has 1 aromatic carbocycles. The lowest BCUT2D eigenvalue weighted by Gasteiger charge is -2.14. The van der Waals surface area contributed by atoms with Gasteiger partial charge in [0.1, 0.15) is 0 Å². The first-order chi connectivity index (χ1) is 9.04. The Labute approximate surface area is 110 Å². The number of carboxylic acids is 1. The summed E-state index contributed by atoms with van der Waals surface area (Å²) in [5.41, 5.74) is 1.32. The summed E-state index contributed by atoms with van der Waals surface area (Å²) in [6.45, 7) is 2.99. The molecule has 0 spiro atoms. The second-order valence-corrected chi connectivity index (χ2v) is 4.39. The number of benzene rings is 1. The van der Waals surface area contributed by atoms with E-state index in [9.17, 15) is 4.79 Å². The van der Waals surface area contributed by atoms with Gasteiger partial charge in [-0.15, -0.1) is 10.2 Å². The van der Waals surface area contributed by atoms with Gasteiger partial charge in [-0.2, -0.15) is 0 Å². The number of carbonyl (C=O) groups is 1. The van der Waals surface area contributed by atoms with Gasteiger partial charge in [0.15, 0.2) is 0 Å². The molecule has 1 N–H and O–H groups in total. The van der Waals surface area contributed by atoms with Gasteiger partial charge in [-0.05, 0) is 24.7 Å². The third-order valence-electron chi connectivity index (χ3n) is 2.63. The minimum Gasteiger partial charge on any atom is -0.478 e.